The topological polar surface area (TPSA) is 66.8 Å². The molecule has 2 saturated carbocycles. The van der Waals surface area contributed by atoms with E-state index in [1.165, 1.54) is 0 Å². The Kier molecular flexibility index (Phi) is 2.64. The summed E-state index contributed by atoms with van der Waals surface area (Å²) in [5.74, 6) is -0.330. The number of hydrogen-bond donors (Lipinski definition) is 2. The van der Waals surface area contributed by atoms with Crippen LogP contribution in [0.1, 0.15) is 39.5 Å². The van der Waals surface area contributed by atoms with Gasteiger partial charge in [0.05, 0.1) is 11.2 Å². The van der Waals surface area contributed by atoms with Gasteiger partial charge in [-0.15, -0.1) is 0 Å². The highest BCUT2D eigenvalue weighted by molar-refractivity contribution is 5.90. The lowest BCUT2D eigenvalue weighted by atomic mass is 9.76. The molecule has 3 rings (SSSR count). The lowest BCUT2D eigenvalue weighted by Gasteiger charge is -2.35. The van der Waals surface area contributed by atoms with Crippen LogP contribution in [0.25, 0.3) is 0 Å². The van der Waals surface area contributed by atoms with E-state index in [-0.39, 0.29) is 29.8 Å². The van der Waals surface area contributed by atoms with Crippen molar-refractivity contribution in [2.45, 2.75) is 56.8 Å². The molecule has 0 aromatic rings. The lowest BCUT2D eigenvalue weighted by Crippen LogP contribution is -2.41. The summed E-state index contributed by atoms with van der Waals surface area (Å²) >= 11 is 0. The Hall–Kier alpha value is -0.870. The standard InChI is InChI=1S/C15H22O4/c1-8-9-6-11-10(4-5-14(11,2)17)15(3,18)7-12(9)19-13(8)16/h9-12,17-18H,1,4-7H2,2-3H3/t9-,10+,11-,12+,14+,15+/m1/s1. The fourth-order valence-electron chi connectivity index (χ4n) is 4.41. The van der Waals surface area contributed by atoms with Gasteiger partial charge >= 0.3 is 5.97 Å². The predicted molar refractivity (Wildman–Crippen MR) is 69.2 cm³/mol. The first-order valence-electron chi connectivity index (χ1n) is 7.07. The third kappa shape index (κ3) is 1.84. The fourth-order valence-corrected chi connectivity index (χ4v) is 4.41. The number of aliphatic hydroxyl groups is 2. The van der Waals surface area contributed by atoms with Crippen molar-refractivity contribution < 1.29 is 19.7 Å². The van der Waals surface area contributed by atoms with Crippen LogP contribution in [0.4, 0.5) is 0 Å². The first-order chi connectivity index (χ1) is 8.72. The van der Waals surface area contributed by atoms with Crippen molar-refractivity contribution in [2.24, 2.45) is 17.8 Å². The zero-order valence-corrected chi connectivity index (χ0v) is 11.6. The molecule has 0 amide bonds. The number of ether oxygens (including phenoxy) is 1. The molecule has 0 unspecified atom stereocenters. The van der Waals surface area contributed by atoms with E-state index in [4.69, 9.17) is 4.74 Å². The van der Waals surface area contributed by atoms with Crippen LogP contribution in [0, 0.1) is 17.8 Å². The summed E-state index contributed by atoms with van der Waals surface area (Å²) in [6, 6.07) is 0. The summed E-state index contributed by atoms with van der Waals surface area (Å²) in [7, 11) is 0. The van der Waals surface area contributed by atoms with E-state index in [9.17, 15) is 15.0 Å². The number of rotatable bonds is 0. The second kappa shape index (κ2) is 3.83. The molecule has 1 aliphatic heterocycles. The van der Waals surface area contributed by atoms with E-state index in [1.54, 1.807) is 0 Å². The molecule has 106 valence electrons. The van der Waals surface area contributed by atoms with Crippen molar-refractivity contribution in [3.63, 3.8) is 0 Å². The van der Waals surface area contributed by atoms with Gasteiger partial charge in [-0.25, -0.2) is 4.79 Å². The van der Waals surface area contributed by atoms with E-state index in [2.05, 4.69) is 6.58 Å². The van der Waals surface area contributed by atoms with E-state index in [0.717, 1.165) is 6.42 Å². The van der Waals surface area contributed by atoms with Gasteiger partial charge in [-0.1, -0.05) is 6.58 Å². The van der Waals surface area contributed by atoms with Crippen LogP contribution in [-0.4, -0.2) is 33.5 Å². The third-order valence-corrected chi connectivity index (χ3v) is 5.58. The van der Waals surface area contributed by atoms with Gasteiger partial charge in [-0.05, 0) is 44.9 Å². The second-order valence-corrected chi connectivity index (χ2v) is 6.98. The Morgan fingerprint density at radius 1 is 1.26 bits per heavy atom. The van der Waals surface area contributed by atoms with Crippen molar-refractivity contribution in [1.29, 1.82) is 0 Å². The molecule has 0 radical (unpaired) electrons. The largest absolute Gasteiger partial charge is 0.458 e. The highest BCUT2D eigenvalue weighted by atomic mass is 16.6. The van der Waals surface area contributed by atoms with Crippen LogP contribution >= 0.6 is 0 Å². The van der Waals surface area contributed by atoms with Crippen LogP contribution in [0.3, 0.4) is 0 Å². The summed E-state index contributed by atoms with van der Waals surface area (Å²) in [5, 5.41) is 21.3. The van der Waals surface area contributed by atoms with Gasteiger partial charge in [0, 0.05) is 17.9 Å². The van der Waals surface area contributed by atoms with Gasteiger partial charge in [0.25, 0.3) is 0 Å². The minimum atomic E-state index is -0.893. The molecular formula is C15H22O4. The van der Waals surface area contributed by atoms with E-state index in [0.29, 0.717) is 24.8 Å². The molecule has 3 fully saturated rings. The Bertz CT molecular complexity index is 437. The predicted octanol–water partition coefficient (Wildman–Crippen LogP) is 1.41. The van der Waals surface area contributed by atoms with Crippen LogP contribution in [-0.2, 0) is 9.53 Å². The van der Waals surface area contributed by atoms with Gasteiger partial charge in [0.2, 0.25) is 0 Å². The maximum atomic E-state index is 11.7. The molecule has 0 bridgehead atoms. The average Bonchev–Trinajstić information content (AvgIpc) is 2.66. The van der Waals surface area contributed by atoms with Crippen molar-refractivity contribution in [3.05, 3.63) is 12.2 Å². The normalized spacial score (nSPS) is 53.5. The molecule has 2 N–H and O–H groups in total. The van der Waals surface area contributed by atoms with Crippen LogP contribution in [0.2, 0.25) is 0 Å². The smallest absolute Gasteiger partial charge is 0.334 e. The molecule has 1 saturated heterocycles. The number of hydrogen-bond acceptors (Lipinski definition) is 4. The van der Waals surface area contributed by atoms with Gasteiger partial charge < -0.3 is 14.9 Å². The quantitative estimate of drug-likeness (QED) is 0.514. The molecule has 2 aliphatic carbocycles. The second-order valence-electron chi connectivity index (χ2n) is 6.98. The minimum absolute atomic E-state index is 0.00347. The maximum Gasteiger partial charge on any atom is 0.334 e. The highest BCUT2D eigenvalue weighted by Gasteiger charge is 2.57. The van der Waals surface area contributed by atoms with Crippen molar-refractivity contribution >= 4 is 5.97 Å². The fraction of sp³-hybridized carbons (Fsp3) is 0.800. The van der Waals surface area contributed by atoms with Gasteiger partial charge in [-0.3, -0.25) is 0 Å². The SMILES string of the molecule is C=C1C(=O)O[C@H]2C[C@](C)(O)[C@H]3CC[C@](C)(O)[C@@H]3C[C@H]12. The van der Waals surface area contributed by atoms with E-state index < -0.39 is 11.2 Å². The summed E-state index contributed by atoms with van der Waals surface area (Å²) in [6.45, 7) is 7.48. The van der Waals surface area contributed by atoms with E-state index >= 15 is 0 Å². The van der Waals surface area contributed by atoms with Crippen LogP contribution in [0.5, 0.6) is 0 Å². The molecule has 4 nitrogen and oxygen atoms in total. The number of esters is 1. The molecule has 0 aromatic heterocycles. The Labute approximate surface area is 113 Å². The number of fused-ring (bicyclic) bond motifs is 2. The van der Waals surface area contributed by atoms with Gasteiger partial charge in [-0.2, -0.15) is 0 Å². The highest BCUT2D eigenvalue weighted by Crippen LogP contribution is 2.54. The van der Waals surface area contributed by atoms with Gasteiger partial charge in [0.1, 0.15) is 6.10 Å². The van der Waals surface area contributed by atoms with Crippen LogP contribution in [0.15, 0.2) is 12.2 Å². The summed E-state index contributed by atoms with van der Waals surface area (Å²) in [6.07, 6.45) is 2.38. The Morgan fingerprint density at radius 3 is 2.63 bits per heavy atom. The maximum absolute atomic E-state index is 11.7. The van der Waals surface area contributed by atoms with Crippen molar-refractivity contribution in [3.8, 4) is 0 Å². The molecule has 0 aromatic carbocycles. The lowest BCUT2D eigenvalue weighted by molar-refractivity contribution is -0.142. The zero-order chi connectivity index (χ0) is 14.0. The number of carbonyl (C=O) groups excluding carboxylic acids is 1. The number of carbonyl (C=O) groups is 1. The van der Waals surface area contributed by atoms with Crippen molar-refractivity contribution in [1.82, 2.24) is 0 Å². The molecule has 4 heteroatoms. The molecule has 0 spiro atoms. The Morgan fingerprint density at radius 2 is 1.95 bits per heavy atom. The third-order valence-electron chi connectivity index (χ3n) is 5.58. The first kappa shape index (κ1) is 13.1. The molecule has 1 heterocycles. The molecule has 6 atom stereocenters. The zero-order valence-electron chi connectivity index (χ0n) is 11.6. The van der Waals surface area contributed by atoms with Crippen LogP contribution < -0.4 is 0 Å². The molecule has 3 aliphatic rings. The minimum Gasteiger partial charge on any atom is -0.458 e. The van der Waals surface area contributed by atoms with E-state index in [1.807, 2.05) is 13.8 Å². The average molecular weight is 266 g/mol. The summed E-state index contributed by atoms with van der Waals surface area (Å²) in [5.41, 5.74) is -1.16. The summed E-state index contributed by atoms with van der Waals surface area (Å²) < 4.78 is 5.35. The first-order valence-corrected chi connectivity index (χ1v) is 7.07. The van der Waals surface area contributed by atoms with Gasteiger partial charge in [0.15, 0.2) is 0 Å². The molecule has 19 heavy (non-hydrogen) atoms. The monoisotopic (exact) mass is 266 g/mol. The van der Waals surface area contributed by atoms with Crippen molar-refractivity contribution in [2.75, 3.05) is 0 Å². The Balaban J connectivity index is 1.98. The summed E-state index contributed by atoms with van der Waals surface area (Å²) in [4.78, 5) is 11.7. The molecular weight excluding hydrogens is 244 g/mol.